The van der Waals surface area contributed by atoms with Gasteiger partial charge in [0.05, 0.1) is 16.7 Å². The molecule has 132 valence electrons. The summed E-state index contributed by atoms with van der Waals surface area (Å²) in [6.45, 7) is 12.8. The second-order valence-corrected chi connectivity index (χ2v) is 9.55. The first-order chi connectivity index (χ1) is 11.5. The van der Waals surface area contributed by atoms with E-state index in [2.05, 4.69) is 47.6 Å². The molecule has 1 aliphatic heterocycles. The highest BCUT2D eigenvalue weighted by Gasteiger charge is 2.30. The van der Waals surface area contributed by atoms with E-state index in [0.29, 0.717) is 11.4 Å². The number of hydrogen-bond acceptors (Lipinski definition) is 4. The summed E-state index contributed by atoms with van der Waals surface area (Å²) < 4.78 is 6.48. The molecule has 0 atom stereocenters. The summed E-state index contributed by atoms with van der Waals surface area (Å²) in [6.07, 6.45) is 0. The molecular formula is C21H25NO2S. The third kappa shape index (κ3) is 3.04. The quantitative estimate of drug-likeness (QED) is 0.551. The number of methoxy groups -OCH3 is 1. The van der Waals surface area contributed by atoms with Gasteiger partial charge in [0.2, 0.25) is 5.43 Å². The molecule has 0 bridgehead atoms. The summed E-state index contributed by atoms with van der Waals surface area (Å²) in [5.41, 5.74) is 3.03. The van der Waals surface area contributed by atoms with Crippen LogP contribution in [-0.4, -0.2) is 12.1 Å². The molecule has 0 saturated heterocycles. The second-order valence-electron chi connectivity index (χ2n) is 8.50. The lowest BCUT2D eigenvalue weighted by molar-refractivity contribution is 0.419. The van der Waals surface area contributed by atoms with E-state index in [-0.39, 0.29) is 16.3 Å². The van der Waals surface area contributed by atoms with Gasteiger partial charge < -0.3 is 4.74 Å². The molecule has 0 aromatic heterocycles. The molecule has 0 spiro atoms. The van der Waals surface area contributed by atoms with E-state index in [1.165, 1.54) is 5.56 Å². The minimum atomic E-state index is -0.229. The van der Waals surface area contributed by atoms with E-state index < -0.39 is 0 Å². The van der Waals surface area contributed by atoms with E-state index in [4.69, 9.17) is 9.72 Å². The molecule has 2 aliphatic rings. The maximum absolute atomic E-state index is 13.2. The minimum Gasteiger partial charge on any atom is -0.494 e. The molecule has 0 amide bonds. The minimum absolute atomic E-state index is 0.0274. The van der Waals surface area contributed by atoms with E-state index in [1.54, 1.807) is 18.4 Å². The van der Waals surface area contributed by atoms with Crippen LogP contribution in [0, 0.1) is 0 Å². The number of rotatable bonds is 1. The van der Waals surface area contributed by atoms with Gasteiger partial charge in [-0.1, -0.05) is 47.6 Å². The van der Waals surface area contributed by atoms with Crippen LogP contribution < -0.4 is 10.2 Å². The lowest BCUT2D eigenvalue weighted by Gasteiger charge is -2.27. The van der Waals surface area contributed by atoms with Gasteiger partial charge >= 0.3 is 0 Å². The van der Waals surface area contributed by atoms with Gasteiger partial charge in [0.15, 0.2) is 0 Å². The van der Waals surface area contributed by atoms with Crippen molar-refractivity contribution in [3.8, 4) is 16.3 Å². The summed E-state index contributed by atoms with van der Waals surface area (Å²) in [7, 11) is 1.63. The highest BCUT2D eigenvalue weighted by molar-refractivity contribution is 7.21. The van der Waals surface area contributed by atoms with Crippen molar-refractivity contribution in [1.82, 2.24) is 4.98 Å². The zero-order valence-corrected chi connectivity index (χ0v) is 16.8. The Hall–Kier alpha value is -1.94. The van der Waals surface area contributed by atoms with Crippen molar-refractivity contribution in [2.75, 3.05) is 7.11 Å². The number of aromatic nitrogens is 1. The van der Waals surface area contributed by atoms with Crippen molar-refractivity contribution in [1.29, 1.82) is 0 Å². The van der Waals surface area contributed by atoms with Crippen molar-refractivity contribution in [3.63, 3.8) is 0 Å². The Morgan fingerprint density at radius 1 is 1.00 bits per heavy atom. The Balaban J connectivity index is 2.54. The topological polar surface area (TPSA) is 39.2 Å². The average molecular weight is 356 g/mol. The monoisotopic (exact) mass is 355 g/mol. The normalized spacial score (nSPS) is 12.8. The molecule has 3 nitrogen and oxygen atoms in total. The first kappa shape index (κ1) is 17.9. The predicted octanol–water partition coefficient (Wildman–Crippen LogP) is 5.36. The van der Waals surface area contributed by atoms with Crippen LogP contribution in [0.3, 0.4) is 0 Å². The molecule has 0 unspecified atom stereocenters. The highest BCUT2D eigenvalue weighted by atomic mass is 32.1. The zero-order valence-electron chi connectivity index (χ0n) is 16.0. The average Bonchev–Trinajstić information content (AvgIpc) is 2.50. The van der Waals surface area contributed by atoms with Gasteiger partial charge in [0.25, 0.3) is 0 Å². The fourth-order valence-corrected chi connectivity index (χ4v) is 4.35. The third-order valence-electron chi connectivity index (χ3n) is 4.44. The highest BCUT2D eigenvalue weighted by Crippen LogP contribution is 2.41. The Morgan fingerprint density at radius 3 is 2.20 bits per heavy atom. The number of para-hydroxylation sites is 1. The van der Waals surface area contributed by atoms with Crippen LogP contribution in [0.1, 0.15) is 52.7 Å². The molecule has 25 heavy (non-hydrogen) atoms. The molecule has 0 N–H and O–H groups in total. The van der Waals surface area contributed by atoms with Gasteiger partial charge in [-0.25, -0.2) is 4.98 Å². The SMILES string of the molecule is COc1cccc2sc3c(C(C)(C)C)cc(C(C)(C)C)c(=O)c-3nc12. The molecule has 1 aromatic rings. The maximum atomic E-state index is 13.2. The van der Waals surface area contributed by atoms with E-state index in [0.717, 1.165) is 20.7 Å². The molecule has 0 saturated carbocycles. The van der Waals surface area contributed by atoms with Crippen LogP contribution in [-0.2, 0) is 10.8 Å². The van der Waals surface area contributed by atoms with Crippen molar-refractivity contribution in [2.24, 2.45) is 0 Å². The van der Waals surface area contributed by atoms with Crippen molar-refractivity contribution in [2.45, 2.75) is 52.4 Å². The summed E-state index contributed by atoms with van der Waals surface area (Å²) in [6, 6.07) is 7.97. The third-order valence-corrected chi connectivity index (χ3v) is 5.61. The van der Waals surface area contributed by atoms with Crippen molar-refractivity contribution >= 4 is 21.6 Å². The van der Waals surface area contributed by atoms with Gasteiger partial charge in [0, 0.05) is 5.56 Å². The van der Waals surface area contributed by atoms with Crippen molar-refractivity contribution in [3.05, 3.63) is 45.6 Å². The Morgan fingerprint density at radius 2 is 1.64 bits per heavy atom. The van der Waals surface area contributed by atoms with E-state index in [9.17, 15) is 4.79 Å². The number of benzene rings is 2. The maximum Gasteiger partial charge on any atom is 0.209 e. The van der Waals surface area contributed by atoms with Crippen LogP contribution in [0.2, 0.25) is 0 Å². The summed E-state index contributed by atoms with van der Waals surface area (Å²) >= 11 is 1.63. The number of fused-ring (bicyclic) bond motifs is 2. The largest absolute Gasteiger partial charge is 0.494 e. The van der Waals surface area contributed by atoms with Crippen LogP contribution in [0.15, 0.2) is 29.1 Å². The second kappa shape index (κ2) is 5.80. The van der Waals surface area contributed by atoms with Crippen LogP contribution in [0.4, 0.5) is 0 Å². The fraction of sp³-hybridized carbons (Fsp3) is 0.429. The lowest BCUT2D eigenvalue weighted by atomic mass is 9.79. The van der Waals surface area contributed by atoms with Gasteiger partial charge in [-0.2, -0.15) is 0 Å². The molecule has 3 rings (SSSR count). The Kier molecular flexibility index (Phi) is 4.15. The predicted molar refractivity (Wildman–Crippen MR) is 106 cm³/mol. The summed E-state index contributed by atoms with van der Waals surface area (Å²) in [4.78, 5) is 18.9. The molecule has 1 aromatic carbocycles. The number of ether oxygens (including phenoxy) is 1. The zero-order chi connectivity index (χ0) is 18.6. The molecule has 0 fully saturated rings. The molecule has 1 heterocycles. The summed E-state index contributed by atoms with van der Waals surface area (Å²) in [5, 5.41) is 0. The fourth-order valence-electron chi connectivity index (χ4n) is 3.03. The van der Waals surface area contributed by atoms with E-state index in [1.807, 2.05) is 18.2 Å². The smallest absolute Gasteiger partial charge is 0.209 e. The van der Waals surface area contributed by atoms with Crippen LogP contribution >= 0.6 is 11.3 Å². The van der Waals surface area contributed by atoms with Crippen LogP contribution in [0.25, 0.3) is 20.8 Å². The molecule has 0 radical (unpaired) electrons. The van der Waals surface area contributed by atoms with Gasteiger partial charge in [-0.3, -0.25) is 4.79 Å². The lowest BCUT2D eigenvalue weighted by Crippen LogP contribution is -2.27. The first-order valence-electron chi connectivity index (χ1n) is 8.49. The van der Waals surface area contributed by atoms with Crippen molar-refractivity contribution < 1.29 is 4.74 Å². The Bertz CT molecular complexity index is 974. The summed E-state index contributed by atoms with van der Waals surface area (Å²) in [5.74, 6) is 0.702. The van der Waals surface area contributed by atoms with E-state index >= 15 is 0 Å². The van der Waals surface area contributed by atoms with Gasteiger partial charge in [0.1, 0.15) is 17.0 Å². The van der Waals surface area contributed by atoms with Gasteiger partial charge in [-0.15, -0.1) is 11.3 Å². The molecule has 4 heteroatoms. The number of nitrogens with zero attached hydrogens (tertiary/aromatic N) is 1. The van der Waals surface area contributed by atoms with Gasteiger partial charge in [-0.05, 0) is 34.6 Å². The van der Waals surface area contributed by atoms with Crippen LogP contribution in [0.5, 0.6) is 5.75 Å². The molecule has 1 aliphatic carbocycles. The molecular weight excluding hydrogens is 330 g/mol. The number of hydrogen-bond donors (Lipinski definition) is 0. The Labute approximate surface area is 153 Å². The standard InChI is InChI=1S/C21H25NO2S/c1-20(2,3)12-11-13(21(4,5)6)19-17(18(12)23)22-16-14(24-7)9-8-10-15(16)25-19/h8-11H,1-7H3. The first-order valence-corrected chi connectivity index (χ1v) is 9.31.